The van der Waals surface area contributed by atoms with E-state index in [-0.39, 0.29) is 59.2 Å². The number of aromatic nitrogens is 1. The van der Waals surface area contributed by atoms with Crippen LogP contribution in [0.3, 0.4) is 0 Å². The zero-order valence-corrected chi connectivity index (χ0v) is 21.2. The third-order valence-electron chi connectivity index (χ3n) is 3.55. The number of hydrogen-bond donors (Lipinski definition) is 3. The Kier molecular flexibility index (Phi) is 10.5. The number of carbonyl (C=O) groups excluding carboxylic acids is 3. The molecule has 2 atom stereocenters. The van der Waals surface area contributed by atoms with Crippen LogP contribution < -0.4 is 40.2 Å². The van der Waals surface area contributed by atoms with Crippen molar-refractivity contribution in [2.75, 3.05) is 30.3 Å². The molecule has 0 bridgehead atoms. The SMILES string of the molecule is CO/N=C(\C(=O)NC1C(=O)N(S(=O)(=O)O)C1CSC)c1csc(NC(=O)CCl)n1.[H-].[Na+]. The number of amides is 3. The molecule has 2 heterocycles. The Morgan fingerprint density at radius 2 is 2.20 bits per heavy atom. The summed E-state index contributed by atoms with van der Waals surface area (Å²) in [5.41, 5.74) is -0.241. The van der Waals surface area contributed by atoms with Crippen LogP contribution in [0.2, 0.25) is 0 Å². The van der Waals surface area contributed by atoms with Gasteiger partial charge < -0.3 is 16.9 Å². The zero-order chi connectivity index (χ0) is 21.8. The summed E-state index contributed by atoms with van der Waals surface area (Å²) >= 11 is 7.64. The van der Waals surface area contributed by atoms with Gasteiger partial charge in [-0.1, -0.05) is 5.16 Å². The van der Waals surface area contributed by atoms with Gasteiger partial charge in [0, 0.05) is 11.1 Å². The van der Waals surface area contributed by atoms with Gasteiger partial charge in [-0.3, -0.25) is 18.9 Å². The van der Waals surface area contributed by atoms with Crippen LogP contribution >= 0.6 is 34.7 Å². The number of thioether (sulfide) groups is 1. The molecule has 2 rings (SSSR count). The molecular formula is C13H17ClN5NaO7S3. The largest absolute Gasteiger partial charge is 1.00 e. The second-order valence-electron chi connectivity index (χ2n) is 5.43. The van der Waals surface area contributed by atoms with Crippen molar-refractivity contribution in [2.24, 2.45) is 5.16 Å². The number of nitrogens with zero attached hydrogens (tertiary/aromatic N) is 3. The van der Waals surface area contributed by atoms with Crippen molar-refractivity contribution >= 4 is 73.6 Å². The molecule has 1 aliphatic rings. The zero-order valence-electron chi connectivity index (χ0n) is 17.0. The van der Waals surface area contributed by atoms with Gasteiger partial charge in [0.05, 0.1) is 6.04 Å². The van der Waals surface area contributed by atoms with E-state index in [9.17, 15) is 27.4 Å². The maximum Gasteiger partial charge on any atom is 1.00 e. The molecule has 0 spiro atoms. The standard InChI is InChI=1S/C13H16ClN5O7S3.Na.H/c1-26-18-9(6-4-28-13(15-6)16-8(20)3-14)11(21)17-10-7(5-27-2)19(12(10)22)29(23,24)25;;/h4,7,10H,3,5H2,1-2H3,(H,17,21)(H,15,16,20)(H,23,24,25);;/q;+1;-1/b18-9-;;. The summed E-state index contributed by atoms with van der Waals surface area (Å²) < 4.78 is 32.2. The van der Waals surface area contributed by atoms with Gasteiger partial charge in [0.1, 0.15) is 24.7 Å². The summed E-state index contributed by atoms with van der Waals surface area (Å²) in [7, 11) is -3.55. The molecule has 0 radical (unpaired) electrons. The summed E-state index contributed by atoms with van der Waals surface area (Å²) in [5.74, 6) is -2.46. The van der Waals surface area contributed by atoms with Gasteiger partial charge in [-0.25, -0.2) is 9.29 Å². The van der Waals surface area contributed by atoms with Crippen molar-refractivity contribution in [3.05, 3.63) is 11.1 Å². The molecule has 1 aromatic rings. The number of hydrogen-bond acceptors (Lipinski definition) is 10. The quantitative estimate of drug-likeness (QED) is 0.0769. The second kappa shape index (κ2) is 11.6. The summed E-state index contributed by atoms with van der Waals surface area (Å²) in [6.45, 7) is 0. The third kappa shape index (κ3) is 6.29. The van der Waals surface area contributed by atoms with Crippen LogP contribution in [0.25, 0.3) is 0 Å². The van der Waals surface area contributed by atoms with Crippen LogP contribution in [0.1, 0.15) is 7.12 Å². The first-order chi connectivity index (χ1) is 13.6. The average molecular weight is 510 g/mol. The van der Waals surface area contributed by atoms with Crippen LogP contribution in [0.4, 0.5) is 5.13 Å². The number of anilines is 1. The van der Waals surface area contributed by atoms with E-state index >= 15 is 0 Å². The number of rotatable bonds is 9. The van der Waals surface area contributed by atoms with Gasteiger partial charge in [0.25, 0.3) is 11.8 Å². The smallest absolute Gasteiger partial charge is 1.00 e. The molecule has 0 saturated carbocycles. The van der Waals surface area contributed by atoms with Gasteiger partial charge in [-0.2, -0.15) is 20.2 Å². The predicted octanol–water partition coefficient (Wildman–Crippen LogP) is -3.35. The van der Waals surface area contributed by atoms with Crippen molar-refractivity contribution in [1.82, 2.24) is 14.6 Å². The minimum Gasteiger partial charge on any atom is -1.00 e. The van der Waals surface area contributed by atoms with Crippen LogP contribution in [0.15, 0.2) is 10.5 Å². The van der Waals surface area contributed by atoms with E-state index in [1.807, 2.05) is 0 Å². The number of halogens is 1. The minimum absolute atomic E-state index is 0. The minimum atomic E-state index is -4.75. The fourth-order valence-corrected chi connectivity index (χ4v) is 4.83. The Bertz CT molecular complexity index is 948. The Morgan fingerprint density at radius 3 is 2.73 bits per heavy atom. The number of carbonyl (C=O) groups is 3. The summed E-state index contributed by atoms with van der Waals surface area (Å²) in [4.78, 5) is 44.8. The number of oxime groups is 1. The molecule has 0 aromatic carbocycles. The molecule has 1 saturated heterocycles. The fraction of sp³-hybridized carbons (Fsp3) is 0.462. The summed E-state index contributed by atoms with van der Waals surface area (Å²) in [6.07, 6.45) is 1.67. The molecular weight excluding hydrogens is 493 g/mol. The van der Waals surface area contributed by atoms with E-state index in [2.05, 4.69) is 25.6 Å². The van der Waals surface area contributed by atoms with Crippen LogP contribution in [0, 0.1) is 0 Å². The van der Waals surface area contributed by atoms with Gasteiger partial charge in [0.15, 0.2) is 10.8 Å². The van der Waals surface area contributed by atoms with E-state index in [0.29, 0.717) is 4.31 Å². The Morgan fingerprint density at radius 1 is 1.53 bits per heavy atom. The first kappa shape index (κ1) is 27.1. The van der Waals surface area contributed by atoms with E-state index in [1.165, 1.54) is 24.3 Å². The summed E-state index contributed by atoms with van der Waals surface area (Å²) in [6, 6.07) is -2.15. The molecule has 12 nitrogen and oxygen atoms in total. The summed E-state index contributed by atoms with van der Waals surface area (Å²) in [5, 5.41) is 9.97. The van der Waals surface area contributed by atoms with Crippen LogP contribution in [-0.4, -0.2) is 82.8 Å². The van der Waals surface area contributed by atoms with E-state index < -0.39 is 40.1 Å². The molecule has 2 unspecified atom stereocenters. The number of nitrogens with one attached hydrogen (secondary N) is 2. The molecule has 1 aliphatic heterocycles. The van der Waals surface area contributed by atoms with Crippen molar-refractivity contribution in [2.45, 2.75) is 12.1 Å². The van der Waals surface area contributed by atoms with Crippen LogP contribution in [-0.2, 0) is 29.5 Å². The van der Waals surface area contributed by atoms with E-state index in [1.54, 1.807) is 6.26 Å². The maximum atomic E-state index is 12.6. The molecule has 1 aromatic heterocycles. The molecule has 3 N–H and O–H groups in total. The van der Waals surface area contributed by atoms with E-state index in [0.717, 1.165) is 11.3 Å². The Balaban J connectivity index is 0.00000450. The molecule has 1 fully saturated rings. The molecule has 17 heteroatoms. The van der Waals surface area contributed by atoms with Crippen molar-refractivity contribution in [3.63, 3.8) is 0 Å². The van der Waals surface area contributed by atoms with Gasteiger partial charge in [-0.15, -0.1) is 22.9 Å². The normalized spacial score (nSPS) is 18.9. The molecule has 162 valence electrons. The van der Waals surface area contributed by atoms with Gasteiger partial charge in [0.2, 0.25) is 5.91 Å². The first-order valence-corrected chi connectivity index (χ1v) is 11.9. The Labute approximate surface area is 208 Å². The monoisotopic (exact) mass is 509 g/mol. The fourth-order valence-electron chi connectivity index (χ4n) is 2.39. The van der Waals surface area contributed by atoms with E-state index in [4.69, 9.17) is 11.6 Å². The number of thiazole rings is 1. The molecule has 0 aliphatic carbocycles. The topological polar surface area (TPSA) is 167 Å². The molecule has 30 heavy (non-hydrogen) atoms. The third-order valence-corrected chi connectivity index (χ3v) is 6.18. The Hall–Kier alpha value is -0.940. The average Bonchev–Trinajstić information content (AvgIpc) is 3.10. The first-order valence-electron chi connectivity index (χ1n) is 7.67. The van der Waals surface area contributed by atoms with Crippen LogP contribution in [0.5, 0.6) is 0 Å². The second-order valence-corrected chi connectivity index (χ2v) is 8.75. The number of alkyl halides is 1. The van der Waals surface area contributed by atoms with Gasteiger partial charge >= 0.3 is 39.9 Å². The maximum absolute atomic E-state index is 12.6. The van der Waals surface area contributed by atoms with Crippen molar-refractivity contribution in [1.29, 1.82) is 0 Å². The van der Waals surface area contributed by atoms with Crippen molar-refractivity contribution in [3.8, 4) is 0 Å². The molecule has 3 amide bonds. The van der Waals surface area contributed by atoms with Crippen molar-refractivity contribution < 1.29 is 63.2 Å². The number of β-lactam (4-membered cyclic amide) rings is 1. The van der Waals surface area contributed by atoms with Gasteiger partial charge in [-0.05, 0) is 6.26 Å². The predicted molar refractivity (Wildman–Crippen MR) is 109 cm³/mol.